The molecule has 0 saturated heterocycles. The number of aliphatic hydroxyl groups excluding tert-OH is 1. The van der Waals surface area contributed by atoms with Gasteiger partial charge in [0.25, 0.3) is 0 Å². The van der Waals surface area contributed by atoms with Gasteiger partial charge < -0.3 is 19.3 Å². The second-order valence-corrected chi connectivity index (χ2v) is 7.60. The Bertz CT molecular complexity index is 1360. The summed E-state index contributed by atoms with van der Waals surface area (Å²) < 4.78 is 52.6. The van der Waals surface area contributed by atoms with Gasteiger partial charge in [0, 0.05) is 16.7 Å². The van der Waals surface area contributed by atoms with Crippen LogP contribution < -0.4 is 0 Å². The van der Waals surface area contributed by atoms with E-state index in [-0.39, 0.29) is 16.9 Å². The van der Waals surface area contributed by atoms with E-state index in [9.17, 15) is 23.1 Å². The summed E-state index contributed by atoms with van der Waals surface area (Å²) in [6.07, 6.45) is -5.75. The van der Waals surface area contributed by atoms with Crippen molar-refractivity contribution in [3.8, 4) is 34.0 Å². The molecule has 0 aliphatic heterocycles. The van der Waals surface area contributed by atoms with Gasteiger partial charge >= 0.3 is 12.1 Å². The highest BCUT2D eigenvalue weighted by Crippen LogP contribution is 2.46. The van der Waals surface area contributed by atoms with Gasteiger partial charge in [-0.15, -0.1) is 0 Å². The number of carbonyl (C=O) groups is 1. The Morgan fingerprint density at radius 2 is 1.67 bits per heavy atom. The van der Waals surface area contributed by atoms with E-state index in [1.165, 1.54) is 18.2 Å². The second kappa shape index (κ2) is 7.59. The Hall–Kier alpha value is -3.92. The molecule has 7 nitrogen and oxygen atoms in total. The first-order valence-electron chi connectivity index (χ1n) is 9.91. The number of fused-ring (bicyclic) bond motifs is 3. The Balaban J connectivity index is 1.62. The number of hydrogen-bond donors (Lipinski definition) is 2. The summed E-state index contributed by atoms with van der Waals surface area (Å²) >= 11 is 0. The molecule has 0 unspecified atom stereocenters. The molecule has 4 aromatic rings. The molecule has 1 aliphatic rings. The molecule has 2 aromatic carbocycles. The maximum absolute atomic E-state index is 14.0. The summed E-state index contributed by atoms with van der Waals surface area (Å²) in [7, 11) is 0. The first-order valence-corrected chi connectivity index (χ1v) is 9.91. The SMILES string of the molecule is O=C(O)[C@H](O)c1ccc2c(c1)CCc1c-2noc1-c1noc(-c2ccccc2)c1C(F)(F)F. The lowest BCUT2D eigenvalue weighted by Gasteiger charge is -2.17. The van der Waals surface area contributed by atoms with Crippen LogP contribution in [0.2, 0.25) is 0 Å². The summed E-state index contributed by atoms with van der Waals surface area (Å²) in [6, 6.07) is 12.4. The number of alkyl halides is 3. The lowest BCUT2D eigenvalue weighted by molar-refractivity contribution is -0.147. The summed E-state index contributed by atoms with van der Waals surface area (Å²) in [5.74, 6) is -1.91. The van der Waals surface area contributed by atoms with Crippen molar-refractivity contribution in [2.75, 3.05) is 0 Å². The van der Waals surface area contributed by atoms with Crippen LogP contribution in [0.1, 0.15) is 28.4 Å². The van der Waals surface area contributed by atoms with E-state index < -0.39 is 35.3 Å². The fraction of sp³-hybridized carbons (Fsp3) is 0.174. The van der Waals surface area contributed by atoms with Crippen LogP contribution in [0.5, 0.6) is 0 Å². The number of aryl methyl sites for hydroxylation is 1. The number of halogens is 3. The predicted octanol–water partition coefficient (Wildman–Crippen LogP) is 4.90. The van der Waals surface area contributed by atoms with E-state index in [1.54, 1.807) is 30.3 Å². The van der Waals surface area contributed by atoms with Gasteiger partial charge in [-0.2, -0.15) is 13.2 Å². The van der Waals surface area contributed by atoms with Crippen molar-refractivity contribution in [1.82, 2.24) is 10.3 Å². The van der Waals surface area contributed by atoms with Crippen molar-refractivity contribution in [1.29, 1.82) is 0 Å². The monoisotopic (exact) mass is 456 g/mol. The van der Waals surface area contributed by atoms with Crippen molar-refractivity contribution in [2.45, 2.75) is 25.1 Å². The molecule has 2 N–H and O–H groups in total. The lowest BCUT2D eigenvalue weighted by Crippen LogP contribution is -2.12. The molecular formula is C23H15F3N2O5. The van der Waals surface area contributed by atoms with Gasteiger partial charge in [-0.1, -0.05) is 58.8 Å². The van der Waals surface area contributed by atoms with Crippen molar-refractivity contribution in [3.63, 3.8) is 0 Å². The third-order valence-electron chi connectivity index (χ3n) is 5.59. The molecule has 0 bridgehead atoms. The third-order valence-corrected chi connectivity index (χ3v) is 5.59. The zero-order valence-corrected chi connectivity index (χ0v) is 16.8. The summed E-state index contributed by atoms with van der Waals surface area (Å²) in [4.78, 5) is 11.1. The second-order valence-electron chi connectivity index (χ2n) is 7.60. The minimum atomic E-state index is -4.76. The molecule has 0 amide bonds. The number of carboxylic acid groups (broad SMARTS) is 1. The minimum Gasteiger partial charge on any atom is -0.479 e. The van der Waals surface area contributed by atoms with Crippen LogP contribution >= 0.6 is 0 Å². The lowest BCUT2D eigenvalue weighted by atomic mass is 9.86. The largest absolute Gasteiger partial charge is 0.479 e. The summed E-state index contributed by atoms with van der Waals surface area (Å²) in [5.41, 5.74) is 1.01. The maximum Gasteiger partial charge on any atom is 0.422 e. The highest BCUT2D eigenvalue weighted by Gasteiger charge is 2.43. The van der Waals surface area contributed by atoms with Gasteiger partial charge in [-0.05, 0) is 24.0 Å². The van der Waals surface area contributed by atoms with Crippen LogP contribution in [-0.2, 0) is 23.8 Å². The average molecular weight is 456 g/mol. The molecule has 168 valence electrons. The van der Waals surface area contributed by atoms with Gasteiger partial charge in [0.15, 0.2) is 23.3 Å². The minimum absolute atomic E-state index is 0.122. The van der Waals surface area contributed by atoms with Gasteiger partial charge in [0.1, 0.15) is 11.3 Å². The van der Waals surface area contributed by atoms with E-state index in [2.05, 4.69) is 10.3 Å². The quantitative estimate of drug-likeness (QED) is 0.450. The number of carboxylic acids is 1. The van der Waals surface area contributed by atoms with E-state index in [4.69, 9.17) is 14.2 Å². The molecule has 10 heteroatoms. The molecule has 0 radical (unpaired) electrons. The van der Waals surface area contributed by atoms with E-state index in [1.807, 2.05) is 0 Å². The molecule has 1 aliphatic carbocycles. The molecule has 5 rings (SSSR count). The average Bonchev–Trinajstić information content (AvgIpc) is 3.43. The number of nitrogens with zero attached hydrogens (tertiary/aromatic N) is 2. The highest BCUT2D eigenvalue weighted by atomic mass is 19.4. The van der Waals surface area contributed by atoms with Gasteiger partial charge in [-0.25, -0.2) is 4.79 Å². The van der Waals surface area contributed by atoms with Crippen LogP contribution in [-0.4, -0.2) is 26.5 Å². The standard InChI is InChI=1S/C23H15F3N2O5/c24-23(25,26)16-18(28-32-20(16)11-4-2-1-3-5-11)21-15-9-6-12-10-13(19(29)22(30)31)7-8-14(12)17(15)27-33-21/h1-5,7-8,10,19,29H,6,9H2,(H,30,31)/t19-/m1/s1. The molecule has 1 atom stereocenters. The van der Waals surface area contributed by atoms with Crippen molar-refractivity contribution in [3.05, 3.63) is 70.8 Å². The van der Waals surface area contributed by atoms with Crippen LogP contribution in [0.15, 0.2) is 57.6 Å². The first kappa shape index (κ1) is 21.0. The maximum atomic E-state index is 14.0. The molecule has 33 heavy (non-hydrogen) atoms. The topological polar surface area (TPSA) is 110 Å². The fourth-order valence-corrected chi connectivity index (χ4v) is 4.06. The van der Waals surface area contributed by atoms with Crippen LogP contribution in [0.25, 0.3) is 34.0 Å². The Morgan fingerprint density at radius 3 is 2.36 bits per heavy atom. The van der Waals surface area contributed by atoms with Crippen molar-refractivity contribution >= 4 is 5.97 Å². The van der Waals surface area contributed by atoms with Crippen LogP contribution in [0.4, 0.5) is 13.2 Å². The number of aliphatic hydroxyl groups is 1. The zero-order chi connectivity index (χ0) is 23.3. The predicted molar refractivity (Wildman–Crippen MR) is 108 cm³/mol. The van der Waals surface area contributed by atoms with Gasteiger partial charge in [0.05, 0.1) is 0 Å². The normalized spacial score (nSPS) is 13.9. The van der Waals surface area contributed by atoms with Crippen LogP contribution in [0.3, 0.4) is 0 Å². The number of aliphatic carboxylic acids is 1. The third kappa shape index (κ3) is 3.48. The number of rotatable bonds is 4. The first-order chi connectivity index (χ1) is 15.8. The number of benzene rings is 2. The molecular weight excluding hydrogens is 441 g/mol. The molecule has 0 saturated carbocycles. The van der Waals surface area contributed by atoms with E-state index in [0.29, 0.717) is 35.2 Å². The summed E-state index contributed by atoms with van der Waals surface area (Å²) in [6.45, 7) is 0. The fourth-order valence-electron chi connectivity index (χ4n) is 4.06. The zero-order valence-electron chi connectivity index (χ0n) is 16.8. The smallest absolute Gasteiger partial charge is 0.422 e. The van der Waals surface area contributed by atoms with Crippen molar-refractivity contribution < 1.29 is 37.2 Å². The van der Waals surface area contributed by atoms with Gasteiger partial charge in [-0.3, -0.25) is 0 Å². The Kier molecular flexibility index (Phi) is 4.82. The molecule has 2 heterocycles. The van der Waals surface area contributed by atoms with Crippen LogP contribution in [0, 0.1) is 0 Å². The molecule has 0 fully saturated rings. The molecule has 2 aromatic heterocycles. The molecule has 0 spiro atoms. The van der Waals surface area contributed by atoms with Crippen molar-refractivity contribution in [2.24, 2.45) is 0 Å². The summed E-state index contributed by atoms with van der Waals surface area (Å²) in [5, 5.41) is 26.5. The number of hydrogen-bond acceptors (Lipinski definition) is 6. The number of aromatic nitrogens is 2. The highest BCUT2D eigenvalue weighted by molar-refractivity contribution is 5.80. The van der Waals surface area contributed by atoms with E-state index in [0.717, 1.165) is 0 Å². The van der Waals surface area contributed by atoms with E-state index >= 15 is 0 Å². The Morgan fingerprint density at radius 1 is 0.970 bits per heavy atom. The Labute approximate surface area is 184 Å². The van der Waals surface area contributed by atoms with Gasteiger partial charge in [0.2, 0.25) is 0 Å².